The van der Waals surface area contributed by atoms with E-state index in [-0.39, 0.29) is 18.4 Å². The molecule has 3 N–H and O–H groups in total. The highest BCUT2D eigenvalue weighted by atomic mass is 16.5. The van der Waals surface area contributed by atoms with Gasteiger partial charge in [0.1, 0.15) is 5.75 Å². The predicted molar refractivity (Wildman–Crippen MR) is 91.2 cm³/mol. The minimum absolute atomic E-state index is 0.00544. The second-order valence-corrected chi connectivity index (χ2v) is 6.81. The maximum absolute atomic E-state index is 12.2. The van der Waals surface area contributed by atoms with E-state index >= 15 is 0 Å². The van der Waals surface area contributed by atoms with Gasteiger partial charge in [0.2, 0.25) is 0 Å². The summed E-state index contributed by atoms with van der Waals surface area (Å²) in [5, 5.41) is 2.99. The third-order valence-corrected chi connectivity index (χ3v) is 4.27. The van der Waals surface area contributed by atoms with Crippen LogP contribution in [0.4, 0.5) is 0 Å². The van der Waals surface area contributed by atoms with Gasteiger partial charge in [-0.05, 0) is 42.9 Å². The van der Waals surface area contributed by atoms with Crippen LogP contribution in [-0.4, -0.2) is 24.6 Å². The molecule has 0 heterocycles. The molecule has 1 rings (SSSR count). The molecule has 1 aromatic carbocycles. The Hall–Kier alpha value is -1.55. The van der Waals surface area contributed by atoms with Crippen LogP contribution in [0.3, 0.4) is 0 Å². The third-order valence-electron chi connectivity index (χ3n) is 4.27. The summed E-state index contributed by atoms with van der Waals surface area (Å²) in [5.74, 6) is 1.25. The average Bonchev–Trinajstić information content (AvgIpc) is 2.44. The molecule has 22 heavy (non-hydrogen) atoms. The Morgan fingerprint density at radius 1 is 1.32 bits per heavy atom. The van der Waals surface area contributed by atoms with Gasteiger partial charge in [0, 0.05) is 6.54 Å². The average molecular weight is 306 g/mol. The number of hydrogen-bond donors (Lipinski definition) is 2. The van der Waals surface area contributed by atoms with Gasteiger partial charge in [-0.1, -0.05) is 39.8 Å². The molecule has 124 valence electrons. The van der Waals surface area contributed by atoms with E-state index in [2.05, 4.69) is 31.3 Å². The Morgan fingerprint density at radius 2 is 1.95 bits per heavy atom. The molecule has 0 spiro atoms. The van der Waals surface area contributed by atoms with Crippen molar-refractivity contribution in [2.45, 2.75) is 53.0 Å². The summed E-state index contributed by atoms with van der Waals surface area (Å²) in [5.41, 5.74) is 7.62. The molecular formula is C18H30N2O2. The number of carbonyl (C=O) groups excluding carboxylic acids is 1. The van der Waals surface area contributed by atoms with E-state index in [9.17, 15) is 4.79 Å². The summed E-state index contributed by atoms with van der Waals surface area (Å²) in [4.78, 5) is 12.2. The summed E-state index contributed by atoms with van der Waals surface area (Å²) in [6.45, 7) is 12.7. The van der Waals surface area contributed by atoms with E-state index in [1.807, 2.05) is 33.8 Å². The molecule has 4 heteroatoms. The highest BCUT2D eigenvalue weighted by molar-refractivity contribution is 5.78. The molecule has 1 aromatic rings. The van der Waals surface area contributed by atoms with Crippen LogP contribution in [0.15, 0.2) is 18.2 Å². The highest BCUT2D eigenvalue weighted by Gasteiger charge is 2.28. The highest BCUT2D eigenvalue weighted by Crippen LogP contribution is 2.27. The second-order valence-electron chi connectivity index (χ2n) is 6.81. The maximum atomic E-state index is 12.2. The molecule has 1 atom stereocenters. The van der Waals surface area contributed by atoms with Crippen molar-refractivity contribution in [2.24, 2.45) is 11.7 Å². The number of amides is 1. The van der Waals surface area contributed by atoms with E-state index in [1.54, 1.807) is 0 Å². The van der Waals surface area contributed by atoms with E-state index in [1.165, 1.54) is 0 Å². The molecule has 0 aliphatic heterocycles. The fourth-order valence-corrected chi connectivity index (χ4v) is 2.17. The molecule has 0 radical (unpaired) electrons. The molecule has 4 nitrogen and oxygen atoms in total. The Bertz CT molecular complexity index is 512. The van der Waals surface area contributed by atoms with E-state index in [4.69, 9.17) is 10.5 Å². The standard InChI is InChI=1S/C18H30N2O2/c1-12(2)15-8-7-14(5)9-16(15)22-10-17(21)20-18(6,11-19)13(3)4/h7-9,12-13H,10-11,19H2,1-6H3,(H,20,21). The normalized spacial score (nSPS) is 14.0. The molecule has 1 unspecified atom stereocenters. The fraction of sp³-hybridized carbons (Fsp3) is 0.611. The number of rotatable bonds is 7. The van der Waals surface area contributed by atoms with Crippen molar-refractivity contribution in [3.63, 3.8) is 0 Å². The van der Waals surface area contributed by atoms with Crippen molar-refractivity contribution >= 4 is 5.91 Å². The largest absolute Gasteiger partial charge is 0.483 e. The van der Waals surface area contributed by atoms with Crippen LogP contribution < -0.4 is 15.8 Å². The number of nitrogens with two attached hydrogens (primary N) is 1. The number of hydrogen-bond acceptors (Lipinski definition) is 3. The van der Waals surface area contributed by atoms with Gasteiger partial charge in [-0.25, -0.2) is 0 Å². The quantitative estimate of drug-likeness (QED) is 0.814. The molecule has 1 amide bonds. The summed E-state index contributed by atoms with van der Waals surface area (Å²) in [7, 11) is 0. The van der Waals surface area contributed by atoms with Gasteiger partial charge in [0.25, 0.3) is 5.91 Å². The summed E-state index contributed by atoms with van der Waals surface area (Å²) < 4.78 is 5.76. The van der Waals surface area contributed by atoms with Crippen LogP contribution in [0, 0.1) is 12.8 Å². The Kier molecular flexibility index (Phi) is 6.42. The van der Waals surface area contributed by atoms with Crippen LogP contribution >= 0.6 is 0 Å². The lowest BCUT2D eigenvalue weighted by molar-refractivity contribution is -0.125. The lowest BCUT2D eigenvalue weighted by atomic mass is 9.88. The van der Waals surface area contributed by atoms with Gasteiger partial charge in [0.15, 0.2) is 6.61 Å². The van der Waals surface area contributed by atoms with Crippen molar-refractivity contribution < 1.29 is 9.53 Å². The van der Waals surface area contributed by atoms with E-state index < -0.39 is 5.54 Å². The summed E-state index contributed by atoms with van der Waals surface area (Å²) in [6, 6.07) is 6.10. The first-order valence-corrected chi connectivity index (χ1v) is 7.94. The number of aryl methyl sites for hydroxylation is 1. The zero-order valence-corrected chi connectivity index (χ0v) is 14.7. The second kappa shape index (κ2) is 7.63. The Balaban J connectivity index is 2.74. The molecule has 0 fully saturated rings. The van der Waals surface area contributed by atoms with E-state index in [0.717, 1.165) is 16.9 Å². The number of benzene rings is 1. The zero-order valence-electron chi connectivity index (χ0n) is 14.7. The lowest BCUT2D eigenvalue weighted by Gasteiger charge is -2.33. The Morgan fingerprint density at radius 3 is 2.45 bits per heavy atom. The van der Waals surface area contributed by atoms with Crippen LogP contribution in [-0.2, 0) is 4.79 Å². The van der Waals surface area contributed by atoms with Gasteiger partial charge in [-0.3, -0.25) is 4.79 Å². The number of nitrogens with one attached hydrogen (secondary N) is 1. The van der Waals surface area contributed by atoms with Crippen molar-refractivity contribution in [3.05, 3.63) is 29.3 Å². The van der Waals surface area contributed by atoms with Crippen LogP contribution in [0.5, 0.6) is 5.75 Å². The van der Waals surface area contributed by atoms with Gasteiger partial charge in [0.05, 0.1) is 5.54 Å². The maximum Gasteiger partial charge on any atom is 0.258 e. The third kappa shape index (κ3) is 4.73. The zero-order chi connectivity index (χ0) is 16.9. The molecule has 0 saturated carbocycles. The summed E-state index contributed by atoms with van der Waals surface area (Å²) >= 11 is 0. The molecule has 0 aliphatic carbocycles. The first kappa shape index (κ1) is 18.5. The smallest absolute Gasteiger partial charge is 0.258 e. The minimum atomic E-state index is -0.409. The fourth-order valence-electron chi connectivity index (χ4n) is 2.17. The van der Waals surface area contributed by atoms with Crippen molar-refractivity contribution in [2.75, 3.05) is 13.2 Å². The first-order valence-electron chi connectivity index (χ1n) is 7.94. The molecule has 0 aliphatic rings. The SMILES string of the molecule is Cc1ccc(C(C)C)c(OCC(=O)NC(C)(CN)C(C)C)c1. The predicted octanol–water partition coefficient (Wildman–Crippen LogP) is 2.99. The Labute approximate surface area is 134 Å². The number of carbonyl (C=O) groups is 1. The van der Waals surface area contributed by atoms with Gasteiger partial charge in [-0.2, -0.15) is 0 Å². The van der Waals surface area contributed by atoms with Crippen LogP contribution in [0.25, 0.3) is 0 Å². The monoisotopic (exact) mass is 306 g/mol. The van der Waals surface area contributed by atoms with E-state index in [0.29, 0.717) is 12.5 Å². The minimum Gasteiger partial charge on any atom is -0.483 e. The molecule has 0 aromatic heterocycles. The molecule has 0 bridgehead atoms. The van der Waals surface area contributed by atoms with Crippen molar-refractivity contribution in [3.8, 4) is 5.75 Å². The van der Waals surface area contributed by atoms with Gasteiger partial charge < -0.3 is 15.8 Å². The van der Waals surface area contributed by atoms with Crippen LogP contribution in [0.1, 0.15) is 51.7 Å². The number of ether oxygens (including phenoxy) is 1. The lowest BCUT2D eigenvalue weighted by Crippen LogP contribution is -2.56. The first-order chi connectivity index (χ1) is 10.2. The molecular weight excluding hydrogens is 276 g/mol. The van der Waals surface area contributed by atoms with Crippen molar-refractivity contribution in [1.29, 1.82) is 0 Å². The van der Waals surface area contributed by atoms with Crippen LogP contribution in [0.2, 0.25) is 0 Å². The van der Waals surface area contributed by atoms with Crippen molar-refractivity contribution in [1.82, 2.24) is 5.32 Å². The topological polar surface area (TPSA) is 64.3 Å². The summed E-state index contributed by atoms with van der Waals surface area (Å²) in [6.07, 6.45) is 0. The van der Waals surface area contributed by atoms with Gasteiger partial charge >= 0.3 is 0 Å². The molecule has 0 saturated heterocycles. The van der Waals surface area contributed by atoms with Gasteiger partial charge in [-0.15, -0.1) is 0 Å².